The number of amides is 2. The highest BCUT2D eigenvalue weighted by Gasteiger charge is 2.36. The minimum absolute atomic E-state index is 0.0648. The van der Waals surface area contributed by atoms with Gasteiger partial charge in [0.05, 0.1) is 12.5 Å². The molecule has 1 aliphatic heterocycles. The van der Waals surface area contributed by atoms with Gasteiger partial charge in [-0.3, -0.25) is 14.5 Å². The molecule has 0 spiro atoms. The van der Waals surface area contributed by atoms with Gasteiger partial charge >= 0.3 is 0 Å². The van der Waals surface area contributed by atoms with E-state index in [2.05, 4.69) is 5.32 Å². The normalized spacial score (nSPS) is 24.1. The molecule has 1 aliphatic carbocycles. The molecule has 0 radical (unpaired) electrons. The van der Waals surface area contributed by atoms with E-state index in [-0.39, 0.29) is 17.9 Å². The van der Waals surface area contributed by atoms with Crippen LogP contribution < -0.4 is 5.32 Å². The Bertz CT molecular complexity index is 315. The minimum Gasteiger partial charge on any atom is -0.381 e. The molecule has 18 heavy (non-hydrogen) atoms. The Morgan fingerprint density at radius 2 is 2.17 bits per heavy atom. The van der Waals surface area contributed by atoms with Crippen molar-refractivity contribution in [3.8, 4) is 0 Å². The third kappa shape index (κ3) is 3.53. The van der Waals surface area contributed by atoms with E-state index in [0.717, 1.165) is 32.1 Å². The highest BCUT2D eigenvalue weighted by Crippen LogP contribution is 2.28. The lowest BCUT2D eigenvalue weighted by molar-refractivity contribution is -0.138. The summed E-state index contributed by atoms with van der Waals surface area (Å²) in [5, 5.41) is 3.14. The van der Waals surface area contributed by atoms with Crippen molar-refractivity contribution in [2.45, 2.75) is 38.6 Å². The van der Waals surface area contributed by atoms with Crippen LogP contribution in [-0.4, -0.2) is 49.1 Å². The van der Waals surface area contributed by atoms with Gasteiger partial charge in [0.2, 0.25) is 11.8 Å². The van der Waals surface area contributed by atoms with Crippen LogP contribution in [0.2, 0.25) is 0 Å². The molecule has 1 atom stereocenters. The van der Waals surface area contributed by atoms with Crippen LogP contribution in [0.4, 0.5) is 0 Å². The van der Waals surface area contributed by atoms with Crippen LogP contribution in [0.3, 0.4) is 0 Å². The number of imide groups is 1. The molecule has 2 fully saturated rings. The van der Waals surface area contributed by atoms with Gasteiger partial charge in [-0.05, 0) is 38.6 Å². The summed E-state index contributed by atoms with van der Waals surface area (Å²) in [5.74, 6) is 0.650. The molecule has 2 aliphatic rings. The zero-order valence-electron chi connectivity index (χ0n) is 11.0. The van der Waals surface area contributed by atoms with Crippen molar-refractivity contribution < 1.29 is 14.3 Å². The number of hydrogen-bond donors (Lipinski definition) is 1. The molecule has 2 amide bonds. The Kier molecular flexibility index (Phi) is 4.72. The Morgan fingerprint density at radius 3 is 2.78 bits per heavy atom. The Labute approximate surface area is 108 Å². The van der Waals surface area contributed by atoms with Crippen molar-refractivity contribution in [3.05, 3.63) is 0 Å². The fourth-order valence-corrected chi connectivity index (χ4v) is 2.16. The summed E-state index contributed by atoms with van der Waals surface area (Å²) in [5.41, 5.74) is 0. The van der Waals surface area contributed by atoms with Gasteiger partial charge in [0.1, 0.15) is 0 Å². The van der Waals surface area contributed by atoms with Crippen LogP contribution in [0.25, 0.3) is 0 Å². The van der Waals surface area contributed by atoms with Crippen molar-refractivity contribution in [1.29, 1.82) is 0 Å². The van der Waals surface area contributed by atoms with Gasteiger partial charge in [0.25, 0.3) is 0 Å². The Hall–Kier alpha value is -0.940. The number of hydrogen-bond acceptors (Lipinski definition) is 4. The SMILES string of the molecule is CCN1C(=O)CC(NCCCOCC2CC2)C1=O. The average molecular weight is 254 g/mol. The van der Waals surface area contributed by atoms with Gasteiger partial charge in [0, 0.05) is 19.8 Å². The van der Waals surface area contributed by atoms with Gasteiger partial charge in [-0.15, -0.1) is 0 Å². The van der Waals surface area contributed by atoms with E-state index in [1.165, 1.54) is 17.7 Å². The summed E-state index contributed by atoms with van der Waals surface area (Å²) in [6, 6.07) is -0.319. The summed E-state index contributed by atoms with van der Waals surface area (Å²) < 4.78 is 5.51. The minimum atomic E-state index is -0.319. The first-order valence-electron chi connectivity index (χ1n) is 6.87. The van der Waals surface area contributed by atoms with E-state index in [1.807, 2.05) is 6.92 Å². The fourth-order valence-electron chi connectivity index (χ4n) is 2.16. The zero-order valence-corrected chi connectivity index (χ0v) is 11.0. The Morgan fingerprint density at radius 1 is 1.39 bits per heavy atom. The van der Waals surface area contributed by atoms with E-state index in [1.54, 1.807) is 0 Å². The smallest absolute Gasteiger partial charge is 0.246 e. The molecule has 102 valence electrons. The number of carbonyl (C=O) groups excluding carboxylic acids is 2. The third-order valence-electron chi connectivity index (χ3n) is 3.47. The number of ether oxygens (including phenoxy) is 1. The van der Waals surface area contributed by atoms with Gasteiger partial charge in [-0.25, -0.2) is 0 Å². The second-order valence-corrected chi connectivity index (χ2v) is 5.06. The molecular formula is C13H22N2O3. The monoisotopic (exact) mass is 254 g/mol. The number of carbonyl (C=O) groups is 2. The first-order chi connectivity index (χ1) is 8.72. The van der Waals surface area contributed by atoms with E-state index in [9.17, 15) is 9.59 Å². The third-order valence-corrected chi connectivity index (χ3v) is 3.47. The molecule has 1 unspecified atom stereocenters. The summed E-state index contributed by atoms with van der Waals surface area (Å²) in [6.45, 7) is 4.64. The standard InChI is InChI=1S/C13H22N2O3/c1-2-15-12(16)8-11(13(15)17)14-6-3-7-18-9-10-4-5-10/h10-11,14H,2-9H2,1H3. The summed E-state index contributed by atoms with van der Waals surface area (Å²) >= 11 is 0. The quantitative estimate of drug-likeness (QED) is 0.507. The summed E-state index contributed by atoms with van der Waals surface area (Å²) in [7, 11) is 0. The molecule has 1 N–H and O–H groups in total. The second-order valence-electron chi connectivity index (χ2n) is 5.06. The maximum absolute atomic E-state index is 11.8. The highest BCUT2D eigenvalue weighted by atomic mass is 16.5. The molecule has 1 heterocycles. The first-order valence-corrected chi connectivity index (χ1v) is 6.87. The zero-order chi connectivity index (χ0) is 13.0. The van der Waals surface area contributed by atoms with E-state index < -0.39 is 0 Å². The van der Waals surface area contributed by atoms with E-state index in [0.29, 0.717) is 13.0 Å². The second kappa shape index (κ2) is 6.29. The van der Waals surface area contributed by atoms with Crippen LogP contribution in [0.5, 0.6) is 0 Å². The maximum atomic E-state index is 11.8. The largest absolute Gasteiger partial charge is 0.381 e. The molecule has 0 aromatic rings. The molecule has 0 aromatic carbocycles. The average Bonchev–Trinajstić information content (AvgIpc) is 3.12. The van der Waals surface area contributed by atoms with Crippen LogP contribution in [0, 0.1) is 5.92 Å². The van der Waals surface area contributed by atoms with Gasteiger partial charge in [-0.1, -0.05) is 0 Å². The van der Waals surface area contributed by atoms with Crippen LogP contribution in [0.1, 0.15) is 32.6 Å². The number of nitrogens with zero attached hydrogens (tertiary/aromatic N) is 1. The van der Waals surface area contributed by atoms with Crippen molar-refractivity contribution in [1.82, 2.24) is 10.2 Å². The van der Waals surface area contributed by atoms with Gasteiger partial charge < -0.3 is 10.1 Å². The first kappa shape index (κ1) is 13.5. The molecule has 5 nitrogen and oxygen atoms in total. The molecule has 0 bridgehead atoms. The van der Waals surface area contributed by atoms with Crippen LogP contribution in [0.15, 0.2) is 0 Å². The van der Waals surface area contributed by atoms with Gasteiger partial charge in [-0.2, -0.15) is 0 Å². The van der Waals surface area contributed by atoms with E-state index >= 15 is 0 Å². The lowest BCUT2D eigenvalue weighted by Gasteiger charge is -2.13. The number of likely N-dealkylation sites (tertiary alicyclic amines) is 1. The lowest BCUT2D eigenvalue weighted by Crippen LogP contribution is -2.39. The summed E-state index contributed by atoms with van der Waals surface area (Å²) in [6.07, 6.45) is 3.81. The number of nitrogens with one attached hydrogen (secondary N) is 1. The fraction of sp³-hybridized carbons (Fsp3) is 0.846. The highest BCUT2D eigenvalue weighted by molar-refractivity contribution is 6.05. The van der Waals surface area contributed by atoms with Crippen molar-refractivity contribution in [3.63, 3.8) is 0 Å². The number of likely N-dealkylation sites (N-methyl/N-ethyl adjacent to an activating group) is 1. The molecule has 1 saturated heterocycles. The van der Waals surface area contributed by atoms with Crippen LogP contribution >= 0.6 is 0 Å². The summed E-state index contributed by atoms with van der Waals surface area (Å²) in [4.78, 5) is 24.6. The predicted octanol–water partition coefficient (Wildman–Crippen LogP) is 0.540. The topological polar surface area (TPSA) is 58.6 Å². The lowest BCUT2D eigenvalue weighted by atomic mass is 10.2. The van der Waals surface area contributed by atoms with Crippen LogP contribution in [-0.2, 0) is 14.3 Å². The van der Waals surface area contributed by atoms with E-state index in [4.69, 9.17) is 4.74 Å². The molecular weight excluding hydrogens is 232 g/mol. The van der Waals surface area contributed by atoms with Crippen molar-refractivity contribution >= 4 is 11.8 Å². The molecule has 0 aromatic heterocycles. The molecule has 2 rings (SSSR count). The van der Waals surface area contributed by atoms with Crippen molar-refractivity contribution in [2.24, 2.45) is 5.92 Å². The van der Waals surface area contributed by atoms with Gasteiger partial charge in [0.15, 0.2) is 0 Å². The molecule has 1 saturated carbocycles. The molecule has 5 heteroatoms. The predicted molar refractivity (Wildman–Crippen MR) is 67.0 cm³/mol. The Balaban J connectivity index is 1.55. The number of rotatable bonds is 8. The maximum Gasteiger partial charge on any atom is 0.246 e. The van der Waals surface area contributed by atoms with Crippen molar-refractivity contribution in [2.75, 3.05) is 26.3 Å².